The van der Waals surface area contributed by atoms with E-state index in [0.29, 0.717) is 36.8 Å². The van der Waals surface area contributed by atoms with Crippen LogP contribution in [0.2, 0.25) is 0 Å². The molecule has 1 aliphatic rings. The number of carbonyl (C=O) groups is 2. The molecule has 2 aromatic rings. The van der Waals surface area contributed by atoms with Gasteiger partial charge in [0, 0.05) is 32.8 Å². The molecule has 132 valence electrons. The first-order chi connectivity index (χ1) is 12.0. The van der Waals surface area contributed by atoms with Gasteiger partial charge < -0.3 is 10.2 Å². The molecule has 0 aliphatic carbocycles. The van der Waals surface area contributed by atoms with Crippen molar-refractivity contribution in [3.63, 3.8) is 0 Å². The molecule has 1 aromatic heterocycles. The summed E-state index contributed by atoms with van der Waals surface area (Å²) in [5.41, 5.74) is 0.763. The van der Waals surface area contributed by atoms with Gasteiger partial charge in [-0.15, -0.1) is 0 Å². The Morgan fingerprint density at radius 1 is 1.28 bits per heavy atom. The van der Waals surface area contributed by atoms with Crippen LogP contribution in [-0.4, -0.2) is 46.1 Å². The van der Waals surface area contributed by atoms with Crippen LogP contribution in [0, 0.1) is 11.7 Å². The van der Waals surface area contributed by atoms with Crippen molar-refractivity contribution in [1.82, 2.24) is 20.0 Å². The zero-order valence-electron chi connectivity index (χ0n) is 14.1. The van der Waals surface area contributed by atoms with Crippen molar-refractivity contribution in [2.75, 3.05) is 19.6 Å². The second-order valence-corrected chi connectivity index (χ2v) is 6.30. The van der Waals surface area contributed by atoms with Crippen molar-refractivity contribution in [3.8, 4) is 5.69 Å². The van der Waals surface area contributed by atoms with E-state index in [2.05, 4.69) is 10.4 Å². The number of para-hydroxylation sites is 1. The molecule has 0 spiro atoms. The van der Waals surface area contributed by atoms with Crippen molar-refractivity contribution < 1.29 is 14.0 Å². The molecular formula is C18H21FN4O2. The van der Waals surface area contributed by atoms with Crippen molar-refractivity contribution in [3.05, 3.63) is 48.0 Å². The van der Waals surface area contributed by atoms with Gasteiger partial charge in [-0.05, 0) is 30.9 Å². The summed E-state index contributed by atoms with van der Waals surface area (Å²) < 4.78 is 15.2. The lowest BCUT2D eigenvalue weighted by molar-refractivity contribution is -0.119. The first-order valence-electron chi connectivity index (χ1n) is 8.38. The number of carbonyl (C=O) groups excluding carboxylic acids is 2. The molecule has 1 aliphatic heterocycles. The van der Waals surface area contributed by atoms with Crippen LogP contribution < -0.4 is 5.32 Å². The van der Waals surface area contributed by atoms with Crippen LogP contribution in [0.1, 0.15) is 30.1 Å². The van der Waals surface area contributed by atoms with Gasteiger partial charge in [0.1, 0.15) is 11.5 Å². The summed E-state index contributed by atoms with van der Waals surface area (Å²) in [6, 6.07) is 6.31. The van der Waals surface area contributed by atoms with E-state index in [1.54, 1.807) is 29.3 Å². The second-order valence-electron chi connectivity index (χ2n) is 6.30. The van der Waals surface area contributed by atoms with Crippen LogP contribution in [0.3, 0.4) is 0 Å². The Kier molecular flexibility index (Phi) is 5.11. The van der Waals surface area contributed by atoms with E-state index in [1.807, 2.05) is 0 Å². The van der Waals surface area contributed by atoms with E-state index >= 15 is 0 Å². The third kappa shape index (κ3) is 4.04. The number of benzene rings is 1. The largest absolute Gasteiger partial charge is 0.356 e. The van der Waals surface area contributed by atoms with Crippen LogP contribution in [-0.2, 0) is 4.79 Å². The van der Waals surface area contributed by atoms with Gasteiger partial charge in [-0.3, -0.25) is 9.59 Å². The number of nitrogens with one attached hydrogen (secondary N) is 1. The molecule has 6 nitrogen and oxygen atoms in total. The summed E-state index contributed by atoms with van der Waals surface area (Å²) in [7, 11) is 0. The van der Waals surface area contributed by atoms with Crippen molar-refractivity contribution >= 4 is 11.8 Å². The quantitative estimate of drug-likeness (QED) is 0.922. The van der Waals surface area contributed by atoms with E-state index in [9.17, 15) is 14.0 Å². The van der Waals surface area contributed by atoms with Gasteiger partial charge in [-0.1, -0.05) is 12.1 Å². The standard InChI is InChI=1S/C18H21FN4O2/c1-13(24)20-10-14-6-8-22(9-7-14)18(25)15-11-21-23(12-15)17-5-3-2-4-16(17)19/h2-5,11-12,14H,6-10H2,1H3,(H,20,24). The van der Waals surface area contributed by atoms with E-state index < -0.39 is 0 Å². The van der Waals surface area contributed by atoms with Crippen LogP contribution in [0.15, 0.2) is 36.7 Å². The molecule has 7 heteroatoms. The zero-order chi connectivity index (χ0) is 17.8. The van der Waals surface area contributed by atoms with Gasteiger partial charge >= 0.3 is 0 Å². The Balaban J connectivity index is 1.61. The number of nitrogens with zero attached hydrogens (tertiary/aromatic N) is 3. The normalized spacial score (nSPS) is 15.2. The summed E-state index contributed by atoms with van der Waals surface area (Å²) in [4.78, 5) is 25.4. The molecule has 0 bridgehead atoms. The lowest BCUT2D eigenvalue weighted by Gasteiger charge is -2.31. The number of likely N-dealkylation sites (tertiary alicyclic amines) is 1. The maximum atomic E-state index is 13.8. The highest BCUT2D eigenvalue weighted by molar-refractivity contribution is 5.93. The fraction of sp³-hybridized carbons (Fsp3) is 0.389. The topological polar surface area (TPSA) is 67.2 Å². The monoisotopic (exact) mass is 344 g/mol. The van der Waals surface area contributed by atoms with E-state index in [4.69, 9.17) is 0 Å². The second kappa shape index (κ2) is 7.46. The van der Waals surface area contributed by atoms with Gasteiger partial charge in [-0.25, -0.2) is 9.07 Å². The number of halogens is 1. The third-order valence-corrected chi connectivity index (χ3v) is 4.47. The van der Waals surface area contributed by atoms with Gasteiger partial charge in [0.15, 0.2) is 0 Å². The Morgan fingerprint density at radius 2 is 2.00 bits per heavy atom. The van der Waals surface area contributed by atoms with Crippen LogP contribution in [0.5, 0.6) is 0 Å². The predicted molar refractivity (Wildman–Crippen MR) is 90.8 cm³/mol. The zero-order valence-corrected chi connectivity index (χ0v) is 14.1. The van der Waals surface area contributed by atoms with Gasteiger partial charge in [0.2, 0.25) is 5.91 Å². The maximum absolute atomic E-state index is 13.8. The molecular weight excluding hydrogens is 323 g/mol. The summed E-state index contributed by atoms with van der Waals surface area (Å²) in [6.45, 7) is 3.45. The molecule has 1 fully saturated rings. The number of hydrogen-bond acceptors (Lipinski definition) is 3. The van der Waals surface area contributed by atoms with Crippen molar-refractivity contribution in [2.24, 2.45) is 5.92 Å². The first-order valence-corrected chi connectivity index (χ1v) is 8.38. The van der Waals surface area contributed by atoms with E-state index in [1.165, 1.54) is 23.9 Å². The Morgan fingerprint density at radius 3 is 2.68 bits per heavy atom. The molecule has 2 amide bonds. The molecule has 3 rings (SSSR count). The summed E-state index contributed by atoms with van der Waals surface area (Å²) in [5, 5.41) is 6.94. The molecule has 0 saturated carbocycles. The highest BCUT2D eigenvalue weighted by Crippen LogP contribution is 2.19. The molecule has 0 radical (unpaired) electrons. The Bertz CT molecular complexity index is 766. The molecule has 1 aromatic carbocycles. The van der Waals surface area contributed by atoms with Crippen LogP contribution >= 0.6 is 0 Å². The molecule has 0 atom stereocenters. The van der Waals surface area contributed by atoms with E-state index in [-0.39, 0.29) is 17.6 Å². The Hall–Kier alpha value is -2.70. The van der Waals surface area contributed by atoms with Gasteiger partial charge in [0.05, 0.1) is 11.8 Å². The number of aromatic nitrogens is 2. The minimum Gasteiger partial charge on any atom is -0.356 e. The van der Waals surface area contributed by atoms with Crippen molar-refractivity contribution in [2.45, 2.75) is 19.8 Å². The van der Waals surface area contributed by atoms with E-state index in [0.717, 1.165) is 12.8 Å². The SMILES string of the molecule is CC(=O)NCC1CCN(C(=O)c2cnn(-c3ccccc3F)c2)CC1. The highest BCUT2D eigenvalue weighted by Gasteiger charge is 2.24. The summed E-state index contributed by atoms with van der Waals surface area (Å²) in [6.07, 6.45) is 4.74. The third-order valence-electron chi connectivity index (χ3n) is 4.47. The highest BCUT2D eigenvalue weighted by atomic mass is 19.1. The molecule has 25 heavy (non-hydrogen) atoms. The number of piperidine rings is 1. The molecule has 1 saturated heterocycles. The number of rotatable bonds is 4. The molecule has 1 N–H and O–H groups in total. The fourth-order valence-electron chi connectivity index (χ4n) is 3.01. The Labute approximate surface area is 145 Å². The molecule has 0 unspecified atom stereocenters. The minimum absolute atomic E-state index is 0.0286. The average molecular weight is 344 g/mol. The number of hydrogen-bond donors (Lipinski definition) is 1. The average Bonchev–Trinajstić information content (AvgIpc) is 3.10. The minimum atomic E-state index is -0.386. The first kappa shape index (κ1) is 17.1. The van der Waals surface area contributed by atoms with Crippen molar-refractivity contribution in [1.29, 1.82) is 0 Å². The van der Waals surface area contributed by atoms with Crippen LogP contribution in [0.4, 0.5) is 4.39 Å². The smallest absolute Gasteiger partial charge is 0.257 e. The lowest BCUT2D eigenvalue weighted by Crippen LogP contribution is -2.41. The van der Waals surface area contributed by atoms with Gasteiger partial charge in [0.25, 0.3) is 5.91 Å². The number of amides is 2. The molecule has 2 heterocycles. The van der Waals surface area contributed by atoms with Gasteiger partial charge in [-0.2, -0.15) is 5.10 Å². The maximum Gasteiger partial charge on any atom is 0.257 e. The summed E-state index contributed by atoms with van der Waals surface area (Å²) >= 11 is 0. The lowest BCUT2D eigenvalue weighted by atomic mass is 9.96. The van der Waals surface area contributed by atoms with Crippen LogP contribution in [0.25, 0.3) is 5.69 Å². The fourth-order valence-corrected chi connectivity index (χ4v) is 3.01. The predicted octanol–water partition coefficient (Wildman–Crippen LogP) is 2.00. The summed E-state index contributed by atoms with van der Waals surface area (Å²) in [5.74, 6) is -0.114.